The molecule has 0 aliphatic carbocycles. The van der Waals surface area contributed by atoms with Gasteiger partial charge in [0, 0.05) is 15.5 Å². The van der Waals surface area contributed by atoms with Crippen LogP contribution in [0.5, 0.6) is 5.75 Å². The molecule has 1 atom stereocenters. The van der Waals surface area contributed by atoms with Gasteiger partial charge in [0.15, 0.2) is 0 Å². The number of rotatable bonds is 5. The fourth-order valence-electron chi connectivity index (χ4n) is 1.95. The normalized spacial score (nSPS) is 12.4. The number of methoxy groups -OCH3 is 1. The van der Waals surface area contributed by atoms with Crippen molar-refractivity contribution in [2.75, 3.05) is 13.7 Å². The lowest BCUT2D eigenvalue weighted by Crippen LogP contribution is -2.21. The maximum absolute atomic E-state index is 6.10. The van der Waals surface area contributed by atoms with Crippen molar-refractivity contribution in [3.05, 3.63) is 51.2 Å². The van der Waals surface area contributed by atoms with Crippen LogP contribution in [-0.2, 0) is 0 Å². The molecule has 0 saturated heterocycles. The Morgan fingerprint density at radius 2 is 2.22 bits per heavy atom. The molecule has 0 saturated carbocycles. The van der Waals surface area contributed by atoms with Gasteiger partial charge >= 0.3 is 0 Å². The van der Waals surface area contributed by atoms with Crippen LogP contribution in [0.2, 0.25) is 5.02 Å². The minimum atomic E-state index is 0.128. The van der Waals surface area contributed by atoms with Crippen molar-refractivity contribution in [1.29, 1.82) is 0 Å². The minimum Gasteiger partial charge on any atom is -0.496 e. The zero-order valence-corrected chi connectivity index (χ0v) is 12.0. The monoisotopic (exact) mass is 281 g/mol. The van der Waals surface area contributed by atoms with Crippen LogP contribution >= 0.6 is 22.9 Å². The number of nitrogens with one attached hydrogen (secondary N) is 1. The van der Waals surface area contributed by atoms with E-state index in [-0.39, 0.29) is 6.04 Å². The lowest BCUT2D eigenvalue weighted by Gasteiger charge is -2.20. The Morgan fingerprint density at radius 3 is 2.83 bits per heavy atom. The van der Waals surface area contributed by atoms with Gasteiger partial charge in [-0.15, -0.1) is 11.3 Å². The molecule has 2 nitrogen and oxygen atoms in total. The first-order valence-electron chi connectivity index (χ1n) is 5.86. The van der Waals surface area contributed by atoms with Gasteiger partial charge in [0.2, 0.25) is 0 Å². The summed E-state index contributed by atoms with van der Waals surface area (Å²) in [6.45, 7) is 2.98. The molecule has 1 heterocycles. The highest BCUT2D eigenvalue weighted by Gasteiger charge is 2.18. The molecule has 2 aromatic rings. The highest BCUT2D eigenvalue weighted by atomic mass is 35.5. The Bertz CT molecular complexity index is 499. The molecule has 0 bridgehead atoms. The molecular formula is C14H16ClNOS. The molecule has 1 N–H and O–H groups in total. The minimum absolute atomic E-state index is 0.128. The second kappa shape index (κ2) is 6.23. The zero-order chi connectivity index (χ0) is 13.0. The number of thiophene rings is 1. The molecule has 0 radical (unpaired) electrons. The topological polar surface area (TPSA) is 21.3 Å². The summed E-state index contributed by atoms with van der Waals surface area (Å²) in [4.78, 5) is 1.26. The summed E-state index contributed by atoms with van der Waals surface area (Å²) in [5.74, 6) is 0.860. The van der Waals surface area contributed by atoms with Crippen molar-refractivity contribution < 1.29 is 4.74 Å². The van der Waals surface area contributed by atoms with E-state index in [4.69, 9.17) is 16.3 Å². The van der Waals surface area contributed by atoms with Gasteiger partial charge in [-0.05, 0) is 36.2 Å². The van der Waals surface area contributed by atoms with Crippen molar-refractivity contribution in [2.24, 2.45) is 0 Å². The molecule has 2 rings (SSSR count). The lowest BCUT2D eigenvalue weighted by atomic mass is 10.0. The van der Waals surface area contributed by atoms with Crippen LogP contribution in [-0.4, -0.2) is 13.7 Å². The number of hydrogen-bond donors (Lipinski definition) is 1. The summed E-state index contributed by atoms with van der Waals surface area (Å²) in [6.07, 6.45) is 0. The number of hydrogen-bond acceptors (Lipinski definition) is 3. The van der Waals surface area contributed by atoms with Crippen LogP contribution in [0.25, 0.3) is 0 Å². The smallest absolute Gasteiger partial charge is 0.124 e. The van der Waals surface area contributed by atoms with Gasteiger partial charge in [0.1, 0.15) is 5.75 Å². The van der Waals surface area contributed by atoms with E-state index < -0.39 is 0 Å². The zero-order valence-electron chi connectivity index (χ0n) is 10.4. The third-order valence-corrected chi connectivity index (χ3v) is 3.91. The Kier molecular flexibility index (Phi) is 4.64. The first-order chi connectivity index (χ1) is 8.76. The Morgan fingerprint density at radius 1 is 1.39 bits per heavy atom. The summed E-state index contributed by atoms with van der Waals surface area (Å²) in [6, 6.07) is 10.0. The molecule has 96 valence electrons. The van der Waals surface area contributed by atoms with Crippen LogP contribution < -0.4 is 10.1 Å². The van der Waals surface area contributed by atoms with E-state index >= 15 is 0 Å². The number of ether oxygens (including phenoxy) is 1. The van der Waals surface area contributed by atoms with Gasteiger partial charge in [-0.3, -0.25) is 0 Å². The summed E-state index contributed by atoms with van der Waals surface area (Å²) < 4.78 is 5.43. The fourth-order valence-corrected chi connectivity index (χ4v) is 2.95. The van der Waals surface area contributed by atoms with Gasteiger partial charge in [0.25, 0.3) is 0 Å². The van der Waals surface area contributed by atoms with E-state index in [0.29, 0.717) is 0 Å². The number of benzene rings is 1. The molecule has 18 heavy (non-hydrogen) atoms. The predicted octanol–water partition coefficient (Wildman–Crippen LogP) is 4.11. The van der Waals surface area contributed by atoms with E-state index in [0.717, 1.165) is 22.9 Å². The van der Waals surface area contributed by atoms with E-state index in [1.165, 1.54) is 4.88 Å². The molecular weight excluding hydrogens is 266 g/mol. The lowest BCUT2D eigenvalue weighted by molar-refractivity contribution is 0.404. The van der Waals surface area contributed by atoms with Crippen molar-refractivity contribution in [3.8, 4) is 5.75 Å². The average molecular weight is 282 g/mol. The van der Waals surface area contributed by atoms with Crippen molar-refractivity contribution in [2.45, 2.75) is 13.0 Å². The van der Waals surface area contributed by atoms with E-state index in [1.54, 1.807) is 18.4 Å². The Balaban J connectivity index is 2.45. The Labute approximate surface area is 117 Å². The van der Waals surface area contributed by atoms with Gasteiger partial charge < -0.3 is 10.1 Å². The largest absolute Gasteiger partial charge is 0.496 e. The van der Waals surface area contributed by atoms with Crippen LogP contribution in [0.3, 0.4) is 0 Å². The van der Waals surface area contributed by atoms with Gasteiger partial charge in [-0.2, -0.15) is 0 Å². The number of halogens is 1. The summed E-state index contributed by atoms with van der Waals surface area (Å²) in [5.41, 5.74) is 1.08. The first kappa shape index (κ1) is 13.4. The molecule has 0 fully saturated rings. The SMILES string of the molecule is CCNC(c1cccs1)c1cc(Cl)ccc1OC. The molecule has 1 aromatic carbocycles. The quantitative estimate of drug-likeness (QED) is 0.890. The maximum atomic E-state index is 6.10. The molecule has 0 aliphatic rings. The second-order valence-electron chi connectivity index (χ2n) is 3.89. The van der Waals surface area contributed by atoms with Crippen molar-refractivity contribution >= 4 is 22.9 Å². The third kappa shape index (κ3) is 2.86. The highest BCUT2D eigenvalue weighted by Crippen LogP contribution is 2.34. The average Bonchev–Trinajstić information content (AvgIpc) is 2.89. The van der Waals surface area contributed by atoms with Gasteiger partial charge in [-0.25, -0.2) is 0 Å². The van der Waals surface area contributed by atoms with Gasteiger partial charge in [-0.1, -0.05) is 24.6 Å². The van der Waals surface area contributed by atoms with Crippen LogP contribution in [0.4, 0.5) is 0 Å². The first-order valence-corrected chi connectivity index (χ1v) is 7.12. The molecule has 1 unspecified atom stereocenters. The van der Waals surface area contributed by atoms with Crippen molar-refractivity contribution in [1.82, 2.24) is 5.32 Å². The molecule has 1 aromatic heterocycles. The fraction of sp³-hybridized carbons (Fsp3) is 0.286. The molecule has 0 spiro atoms. The van der Waals surface area contributed by atoms with E-state index in [9.17, 15) is 0 Å². The Hall–Kier alpha value is -1.03. The standard InChI is InChI=1S/C14H16ClNOS/c1-3-16-14(13-5-4-8-18-13)11-9-10(15)6-7-12(11)17-2/h4-9,14,16H,3H2,1-2H3. The summed E-state index contributed by atoms with van der Waals surface area (Å²) >= 11 is 7.83. The highest BCUT2D eigenvalue weighted by molar-refractivity contribution is 7.10. The summed E-state index contributed by atoms with van der Waals surface area (Å²) in [7, 11) is 1.68. The predicted molar refractivity (Wildman–Crippen MR) is 77.8 cm³/mol. The van der Waals surface area contributed by atoms with Crippen molar-refractivity contribution in [3.63, 3.8) is 0 Å². The second-order valence-corrected chi connectivity index (χ2v) is 5.31. The van der Waals surface area contributed by atoms with Crippen LogP contribution in [0.1, 0.15) is 23.4 Å². The molecule has 0 amide bonds. The maximum Gasteiger partial charge on any atom is 0.124 e. The van der Waals surface area contributed by atoms with E-state index in [1.807, 2.05) is 18.2 Å². The molecule has 0 aliphatic heterocycles. The van der Waals surface area contributed by atoms with Gasteiger partial charge in [0.05, 0.1) is 13.2 Å². The summed E-state index contributed by atoms with van der Waals surface area (Å²) in [5, 5.41) is 6.28. The van der Waals surface area contributed by atoms with Crippen LogP contribution in [0, 0.1) is 0 Å². The van der Waals surface area contributed by atoms with E-state index in [2.05, 4.69) is 29.8 Å². The molecule has 4 heteroatoms. The third-order valence-electron chi connectivity index (χ3n) is 2.74. The van der Waals surface area contributed by atoms with Crippen LogP contribution in [0.15, 0.2) is 35.7 Å².